The van der Waals surface area contributed by atoms with Crippen LogP contribution in [0.5, 0.6) is 0 Å². The van der Waals surface area contributed by atoms with Crippen molar-refractivity contribution in [2.45, 2.75) is 26.8 Å². The van der Waals surface area contributed by atoms with Crippen molar-refractivity contribution in [3.8, 4) is 28.7 Å². The van der Waals surface area contributed by atoms with E-state index in [0.29, 0.717) is 29.2 Å². The fourth-order valence-electron chi connectivity index (χ4n) is 3.12. The topological polar surface area (TPSA) is 119 Å². The molecule has 3 heterocycles. The Labute approximate surface area is 174 Å². The summed E-state index contributed by atoms with van der Waals surface area (Å²) in [6.45, 7) is 4.48. The average Bonchev–Trinajstić information content (AvgIpc) is 3.22. The molecular weight excluding hydrogens is 376 g/mol. The number of rotatable bonds is 5. The Hall–Kier alpha value is -4.12. The molecule has 0 saturated heterocycles. The Morgan fingerprint density at radius 1 is 1.00 bits per heavy atom. The molecule has 3 aromatic heterocycles. The lowest BCUT2D eigenvalue weighted by atomic mass is 10.0. The number of hydrogen-bond acceptors (Lipinski definition) is 7. The van der Waals surface area contributed by atoms with E-state index in [4.69, 9.17) is 5.73 Å². The van der Waals surface area contributed by atoms with E-state index in [0.717, 1.165) is 28.9 Å². The number of hydrogen-bond donors (Lipinski definition) is 1. The summed E-state index contributed by atoms with van der Waals surface area (Å²) in [6, 6.07) is 15.5. The molecule has 8 heteroatoms. The highest BCUT2D eigenvalue weighted by molar-refractivity contribution is 5.68. The number of benzene rings is 1. The molecule has 1 aromatic carbocycles. The molecular formula is C22H20N8. The molecule has 0 aliphatic rings. The van der Waals surface area contributed by atoms with E-state index in [1.165, 1.54) is 0 Å². The van der Waals surface area contributed by atoms with Crippen LogP contribution in [0.4, 0.5) is 5.95 Å². The molecule has 0 aliphatic heterocycles. The van der Waals surface area contributed by atoms with Crippen LogP contribution in [-0.4, -0.2) is 29.9 Å². The quantitative estimate of drug-likeness (QED) is 0.550. The summed E-state index contributed by atoms with van der Waals surface area (Å²) in [5.74, 6) is 0.133. The number of anilines is 1. The fourth-order valence-corrected chi connectivity index (χ4v) is 3.12. The zero-order valence-electron chi connectivity index (χ0n) is 16.7. The molecule has 148 valence electrons. The molecule has 2 N–H and O–H groups in total. The molecule has 0 fully saturated rings. The van der Waals surface area contributed by atoms with Gasteiger partial charge < -0.3 is 5.73 Å². The van der Waals surface area contributed by atoms with Gasteiger partial charge in [0.25, 0.3) is 0 Å². The number of pyridine rings is 1. The summed E-state index contributed by atoms with van der Waals surface area (Å²) < 4.78 is 1.72. The van der Waals surface area contributed by atoms with Gasteiger partial charge in [-0.15, -0.1) is 5.10 Å². The lowest BCUT2D eigenvalue weighted by molar-refractivity contribution is 0.636. The number of aromatic nitrogens is 6. The summed E-state index contributed by atoms with van der Waals surface area (Å²) in [7, 11) is 0. The maximum absolute atomic E-state index is 9.30. The minimum atomic E-state index is 0.133. The van der Waals surface area contributed by atoms with Gasteiger partial charge in [0, 0.05) is 11.3 Å². The Morgan fingerprint density at radius 2 is 1.80 bits per heavy atom. The molecule has 0 radical (unpaired) electrons. The summed E-state index contributed by atoms with van der Waals surface area (Å²) in [4.78, 5) is 13.2. The standard InChI is InChI=1S/C22H20N8/c1-3-17-5-4-6-18(25-17)12-30-13-21(28-29-30)20-10-19(26-22(24)27-20)15-8-7-14(2)16(9-15)11-23/h4-10,13H,3,12H2,1-2H3,(H2,24,26,27). The maximum atomic E-state index is 9.30. The fraction of sp³-hybridized carbons (Fsp3) is 0.182. The van der Waals surface area contributed by atoms with E-state index in [2.05, 4.69) is 38.3 Å². The van der Waals surface area contributed by atoms with Crippen LogP contribution in [0.1, 0.15) is 29.4 Å². The number of nitriles is 1. The highest BCUT2D eigenvalue weighted by atomic mass is 15.4. The van der Waals surface area contributed by atoms with Gasteiger partial charge in [0.2, 0.25) is 5.95 Å². The largest absolute Gasteiger partial charge is 0.368 e. The highest BCUT2D eigenvalue weighted by Gasteiger charge is 2.12. The van der Waals surface area contributed by atoms with Crippen LogP contribution in [0.15, 0.2) is 48.7 Å². The Balaban J connectivity index is 1.64. The maximum Gasteiger partial charge on any atom is 0.221 e. The molecule has 0 bridgehead atoms. The summed E-state index contributed by atoms with van der Waals surface area (Å²) >= 11 is 0. The van der Waals surface area contributed by atoms with Gasteiger partial charge in [0.05, 0.1) is 41.5 Å². The van der Waals surface area contributed by atoms with Gasteiger partial charge in [0.15, 0.2) is 0 Å². The molecule has 0 spiro atoms. The van der Waals surface area contributed by atoms with Crippen molar-refractivity contribution in [2.24, 2.45) is 0 Å². The number of aryl methyl sites for hydroxylation is 2. The van der Waals surface area contributed by atoms with Gasteiger partial charge in [-0.2, -0.15) is 5.26 Å². The molecule has 8 nitrogen and oxygen atoms in total. The van der Waals surface area contributed by atoms with E-state index in [-0.39, 0.29) is 5.95 Å². The minimum Gasteiger partial charge on any atom is -0.368 e. The summed E-state index contributed by atoms with van der Waals surface area (Å²) in [5.41, 5.74) is 12.0. The smallest absolute Gasteiger partial charge is 0.221 e. The third-order valence-electron chi connectivity index (χ3n) is 4.75. The normalized spacial score (nSPS) is 10.7. The first-order valence-electron chi connectivity index (χ1n) is 9.56. The zero-order valence-corrected chi connectivity index (χ0v) is 16.7. The molecule has 0 amide bonds. The first-order valence-corrected chi connectivity index (χ1v) is 9.56. The minimum absolute atomic E-state index is 0.133. The average molecular weight is 396 g/mol. The third kappa shape index (κ3) is 4.00. The molecule has 0 aliphatic carbocycles. The van der Waals surface area contributed by atoms with Crippen LogP contribution in [0.25, 0.3) is 22.6 Å². The van der Waals surface area contributed by atoms with E-state index >= 15 is 0 Å². The van der Waals surface area contributed by atoms with Crippen molar-refractivity contribution in [1.82, 2.24) is 29.9 Å². The number of nitrogen functional groups attached to an aromatic ring is 1. The van der Waals surface area contributed by atoms with Gasteiger partial charge in [-0.25, -0.2) is 14.6 Å². The first kappa shape index (κ1) is 19.2. The van der Waals surface area contributed by atoms with Crippen molar-refractivity contribution in [3.05, 3.63) is 71.2 Å². The lowest BCUT2D eigenvalue weighted by Gasteiger charge is -2.06. The van der Waals surface area contributed by atoms with Crippen LogP contribution in [0.2, 0.25) is 0 Å². The Kier molecular flexibility index (Phi) is 5.18. The van der Waals surface area contributed by atoms with E-state index in [9.17, 15) is 5.26 Å². The van der Waals surface area contributed by atoms with Gasteiger partial charge in [-0.3, -0.25) is 4.98 Å². The van der Waals surface area contributed by atoms with Crippen molar-refractivity contribution < 1.29 is 0 Å². The lowest BCUT2D eigenvalue weighted by Crippen LogP contribution is -2.03. The molecule has 0 atom stereocenters. The molecule has 30 heavy (non-hydrogen) atoms. The van der Waals surface area contributed by atoms with Crippen LogP contribution in [0.3, 0.4) is 0 Å². The molecule has 4 rings (SSSR count). The monoisotopic (exact) mass is 396 g/mol. The Morgan fingerprint density at radius 3 is 2.60 bits per heavy atom. The van der Waals surface area contributed by atoms with Gasteiger partial charge in [-0.05, 0) is 43.2 Å². The predicted molar refractivity (Wildman–Crippen MR) is 113 cm³/mol. The Bertz CT molecular complexity index is 1250. The van der Waals surface area contributed by atoms with Crippen molar-refractivity contribution >= 4 is 5.95 Å². The predicted octanol–water partition coefficient (Wildman–Crippen LogP) is 3.17. The molecule has 4 aromatic rings. The van der Waals surface area contributed by atoms with Crippen LogP contribution >= 0.6 is 0 Å². The zero-order chi connectivity index (χ0) is 21.1. The van der Waals surface area contributed by atoms with Crippen molar-refractivity contribution in [3.63, 3.8) is 0 Å². The number of nitrogens with two attached hydrogens (primary N) is 1. The molecule has 0 unspecified atom stereocenters. The third-order valence-corrected chi connectivity index (χ3v) is 4.75. The second-order valence-corrected chi connectivity index (χ2v) is 6.91. The van der Waals surface area contributed by atoms with Crippen LogP contribution < -0.4 is 5.73 Å². The van der Waals surface area contributed by atoms with Gasteiger partial charge in [0.1, 0.15) is 5.69 Å². The first-order chi connectivity index (χ1) is 14.6. The van der Waals surface area contributed by atoms with Crippen molar-refractivity contribution in [1.29, 1.82) is 5.26 Å². The van der Waals surface area contributed by atoms with Crippen molar-refractivity contribution in [2.75, 3.05) is 5.73 Å². The van der Waals surface area contributed by atoms with E-state index < -0.39 is 0 Å². The second kappa shape index (κ2) is 8.09. The molecule has 0 saturated carbocycles. The highest BCUT2D eigenvalue weighted by Crippen LogP contribution is 2.25. The number of nitrogens with zero attached hydrogens (tertiary/aromatic N) is 7. The van der Waals surface area contributed by atoms with Crippen LogP contribution in [-0.2, 0) is 13.0 Å². The van der Waals surface area contributed by atoms with Gasteiger partial charge in [-0.1, -0.05) is 30.3 Å². The summed E-state index contributed by atoms with van der Waals surface area (Å²) in [5, 5.41) is 17.7. The van der Waals surface area contributed by atoms with Crippen LogP contribution in [0, 0.1) is 18.3 Å². The summed E-state index contributed by atoms with van der Waals surface area (Å²) in [6.07, 6.45) is 2.69. The second-order valence-electron chi connectivity index (χ2n) is 6.91. The SMILES string of the molecule is CCc1cccc(Cn2cc(-c3cc(-c4ccc(C)c(C#N)c4)nc(N)n3)nn2)n1. The van der Waals surface area contributed by atoms with E-state index in [1.54, 1.807) is 16.8 Å². The van der Waals surface area contributed by atoms with E-state index in [1.807, 2.05) is 43.5 Å². The van der Waals surface area contributed by atoms with Gasteiger partial charge >= 0.3 is 0 Å².